The minimum Gasteiger partial charge on any atom is -0.495 e. The zero-order valence-electron chi connectivity index (χ0n) is 20.5. The van der Waals surface area contributed by atoms with Crippen molar-refractivity contribution in [3.8, 4) is 5.75 Å². The summed E-state index contributed by atoms with van der Waals surface area (Å²) < 4.78 is 20.9. The topological polar surface area (TPSA) is 57.9 Å². The molecule has 7 heteroatoms. The van der Waals surface area contributed by atoms with Gasteiger partial charge in [-0.15, -0.1) is 0 Å². The largest absolute Gasteiger partial charge is 0.495 e. The van der Waals surface area contributed by atoms with Gasteiger partial charge in [0.15, 0.2) is 0 Å². The monoisotopic (exact) mass is 475 g/mol. The Morgan fingerprint density at radius 2 is 1.77 bits per heavy atom. The van der Waals surface area contributed by atoms with Crippen molar-refractivity contribution in [1.29, 1.82) is 0 Å². The van der Waals surface area contributed by atoms with Crippen molar-refractivity contribution in [2.75, 3.05) is 53.7 Å². The average Bonchev–Trinajstić information content (AvgIpc) is 3.23. The fraction of sp³-hybridized carbons (Fsp3) is 0.393. The van der Waals surface area contributed by atoms with Crippen LogP contribution in [0.4, 0.5) is 0 Å². The molecule has 0 bridgehead atoms. The number of rotatable bonds is 9. The molecule has 0 aliphatic carbocycles. The molecule has 0 spiro atoms. The highest BCUT2D eigenvalue weighted by atomic mass is 16.5. The van der Waals surface area contributed by atoms with Crippen molar-refractivity contribution < 1.29 is 14.2 Å². The smallest absolute Gasteiger partial charge is 0.260 e. The lowest BCUT2D eigenvalue weighted by molar-refractivity contribution is 0.0366. The van der Waals surface area contributed by atoms with Crippen LogP contribution in [-0.4, -0.2) is 67.7 Å². The number of hydrogen-bond donors (Lipinski definition) is 0. The Kier molecular flexibility index (Phi) is 7.18. The van der Waals surface area contributed by atoms with Gasteiger partial charge in [-0.2, -0.15) is 0 Å². The number of aromatic nitrogens is 2. The fourth-order valence-electron chi connectivity index (χ4n) is 5.21. The summed E-state index contributed by atoms with van der Waals surface area (Å²) in [6.45, 7) is 5.52. The Balaban J connectivity index is 1.61. The first-order valence-corrected chi connectivity index (χ1v) is 12.2. The average molecular weight is 476 g/mol. The molecule has 7 nitrogen and oxygen atoms in total. The quantitative estimate of drug-likeness (QED) is 0.369. The van der Waals surface area contributed by atoms with E-state index in [4.69, 9.17) is 14.2 Å². The molecule has 0 N–H and O–H groups in total. The number of pyridine rings is 1. The molecule has 35 heavy (non-hydrogen) atoms. The predicted octanol–water partition coefficient (Wildman–Crippen LogP) is 3.73. The van der Waals surface area contributed by atoms with Crippen molar-refractivity contribution in [2.24, 2.45) is 0 Å². The van der Waals surface area contributed by atoms with E-state index < -0.39 is 0 Å². The highest BCUT2D eigenvalue weighted by Gasteiger charge is 2.22. The summed E-state index contributed by atoms with van der Waals surface area (Å²) in [7, 11) is 3.37. The first-order valence-electron chi connectivity index (χ1n) is 12.2. The maximum Gasteiger partial charge on any atom is 0.260 e. The molecule has 3 heterocycles. The van der Waals surface area contributed by atoms with Crippen LogP contribution in [0.15, 0.2) is 65.6 Å². The van der Waals surface area contributed by atoms with Crippen LogP contribution in [0.25, 0.3) is 21.8 Å². The van der Waals surface area contributed by atoms with E-state index in [0.717, 1.165) is 73.4 Å². The van der Waals surface area contributed by atoms with Gasteiger partial charge in [-0.25, -0.2) is 0 Å². The third-order valence-electron chi connectivity index (χ3n) is 6.96. The first-order chi connectivity index (χ1) is 17.2. The molecular weight excluding hydrogens is 442 g/mol. The molecule has 4 aromatic rings. The van der Waals surface area contributed by atoms with Crippen LogP contribution in [0.1, 0.15) is 11.6 Å². The van der Waals surface area contributed by atoms with Crippen LogP contribution in [0.3, 0.4) is 0 Å². The van der Waals surface area contributed by atoms with Crippen molar-refractivity contribution in [3.63, 3.8) is 0 Å². The van der Waals surface area contributed by atoms with Gasteiger partial charge in [0.2, 0.25) is 0 Å². The van der Waals surface area contributed by atoms with E-state index in [1.807, 2.05) is 47.2 Å². The second-order valence-corrected chi connectivity index (χ2v) is 9.05. The SMILES string of the molecule is COC[C@H](Cc1ccccc1)n1ccc2c(c1=O)c1cccc(OC)c1n2CCN1CCOCC1. The Morgan fingerprint density at radius 3 is 2.51 bits per heavy atom. The van der Waals surface area contributed by atoms with E-state index in [0.29, 0.717) is 6.61 Å². The van der Waals surface area contributed by atoms with Gasteiger partial charge in [-0.05, 0) is 24.1 Å². The van der Waals surface area contributed by atoms with E-state index in [2.05, 4.69) is 27.7 Å². The first kappa shape index (κ1) is 23.6. The van der Waals surface area contributed by atoms with Gasteiger partial charge >= 0.3 is 0 Å². The van der Waals surface area contributed by atoms with Gasteiger partial charge in [-0.3, -0.25) is 9.69 Å². The zero-order valence-corrected chi connectivity index (χ0v) is 20.5. The van der Waals surface area contributed by atoms with E-state index in [1.54, 1.807) is 14.2 Å². The zero-order chi connectivity index (χ0) is 24.2. The normalized spacial score (nSPS) is 15.6. The highest BCUT2D eigenvalue weighted by molar-refractivity contribution is 6.09. The number of nitrogens with zero attached hydrogens (tertiary/aromatic N) is 3. The maximum atomic E-state index is 14.0. The predicted molar refractivity (Wildman–Crippen MR) is 139 cm³/mol. The lowest BCUT2D eigenvalue weighted by atomic mass is 10.1. The second kappa shape index (κ2) is 10.6. The van der Waals surface area contributed by atoms with Crippen molar-refractivity contribution in [3.05, 3.63) is 76.7 Å². The lowest BCUT2D eigenvalue weighted by Crippen LogP contribution is -2.38. The molecule has 1 atom stereocenters. The van der Waals surface area contributed by atoms with Gasteiger partial charge in [-0.1, -0.05) is 42.5 Å². The van der Waals surface area contributed by atoms with Crippen LogP contribution in [0, 0.1) is 0 Å². The van der Waals surface area contributed by atoms with E-state index in [-0.39, 0.29) is 11.6 Å². The third kappa shape index (κ3) is 4.72. The Morgan fingerprint density at radius 1 is 0.971 bits per heavy atom. The number of hydrogen-bond acceptors (Lipinski definition) is 5. The highest BCUT2D eigenvalue weighted by Crippen LogP contribution is 2.33. The molecule has 5 rings (SSSR count). The van der Waals surface area contributed by atoms with E-state index in [1.165, 1.54) is 5.56 Å². The molecular formula is C28H33N3O4. The Labute approximate surface area is 205 Å². The van der Waals surface area contributed by atoms with Gasteiger partial charge in [0, 0.05) is 44.9 Å². The number of benzene rings is 2. The van der Waals surface area contributed by atoms with Crippen molar-refractivity contribution in [2.45, 2.75) is 19.0 Å². The number of morpholine rings is 1. The van der Waals surface area contributed by atoms with Gasteiger partial charge in [0.05, 0.1) is 49.4 Å². The maximum absolute atomic E-state index is 14.0. The minimum atomic E-state index is -0.100. The van der Waals surface area contributed by atoms with Crippen LogP contribution < -0.4 is 10.3 Å². The van der Waals surface area contributed by atoms with Crippen molar-refractivity contribution in [1.82, 2.24) is 14.0 Å². The third-order valence-corrected chi connectivity index (χ3v) is 6.96. The number of fused-ring (bicyclic) bond motifs is 3. The summed E-state index contributed by atoms with van der Waals surface area (Å²) in [5, 5.41) is 1.66. The standard InChI is InChI=1S/C28H33N3O4/c1-33-20-22(19-21-7-4-3-5-8-21)30-12-11-24-26(28(30)32)23-9-6-10-25(34-2)27(23)31(24)14-13-29-15-17-35-18-16-29/h3-12,22H,13-20H2,1-2H3/t22-/m0/s1. The molecule has 184 valence electrons. The molecule has 1 saturated heterocycles. The summed E-state index contributed by atoms with van der Waals surface area (Å²) in [5.41, 5.74) is 3.09. The van der Waals surface area contributed by atoms with Crippen LogP contribution in [0.5, 0.6) is 5.75 Å². The van der Waals surface area contributed by atoms with E-state index >= 15 is 0 Å². The minimum absolute atomic E-state index is 0.00357. The van der Waals surface area contributed by atoms with Crippen LogP contribution in [0.2, 0.25) is 0 Å². The molecule has 1 aliphatic heterocycles. The van der Waals surface area contributed by atoms with Crippen LogP contribution in [-0.2, 0) is 22.4 Å². The van der Waals surface area contributed by atoms with E-state index in [9.17, 15) is 4.79 Å². The number of methoxy groups -OCH3 is 2. The lowest BCUT2D eigenvalue weighted by Gasteiger charge is -2.27. The molecule has 0 unspecified atom stereocenters. The molecule has 0 saturated carbocycles. The summed E-state index contributed by atoms with van der Waals surface area (Å²) in [6, 6.07) is 18.2. The summed E-state index contributed by atoms with van der Waals surface area (Å²) in [4.78, 5) is 16.4. The number of para-hydroxylation sites is 1. The van der Waals surface area contributed by atoms with Crippen LogP contribution >= 0.6 is 0 Å². The Bertz CT molecular complexity index is 1340. The molecule has 1 aliphatic rings. The molecule has 1 fully saturated rings. The Hall–Kier alpha value is -3.13. The van der Waals surface area contributed by atoms with Gasteiger partial charge < -0.3 is 23.3 Å². The summed E-state index contributed by atoms with van der Waals surface area (Å²) in [5.74, 6) is 0.782. The molecule has 0 radical (unpaired) electrons. The molecule has 2 aromatic heterocycles. The number of ether oxygens (including phenoxy) is 3. The van der Waals surface area contributed by atoms with Gasteiger partial charge in [0.25, 0.3) is 5.56 Å². The van der Waals surface area contributed by atoms with Gasteiger partial charge in [0.1, 0.15) is 5.75 Å². The molecule has 2 aromatic carbocycles. The summed E-state index contributed by atoms with van der Waals surface area (Å²) in [6.07, 6.45) is 2.65. The second-order valence-electron chi connectivity index (χ2n) is 9.05. The fourth-order valence-corrected chi connectivity index (χ4v) is 5.21. The van der Waals surface area contributed by atoms with Crippen molar-refractivity contribution >= 4 is 21.8 Å². The molecule has 0 amide bonds. The summed E-state index contributed by atoms with van der Waals surface area (Å²) >= 11 is 0.